The van der Waals surface area contributed by atoms with E-state index in [4.69, 9.17) is 9.15 Å². The van der Waals surface area contributed by atoms with Crippen LogP contribution in [0.2, 0.25) is 0 Å². The number of nitrogens with zero attached hydrogens (tertiary/aromatic N) is 1. The van der Waals surface area contributed by atoms with E-state index < -0.39 is 11.7 Å². The van der Waals surface area contributed by atoms with Crippen molar-refractivity contribution in [2.75, 3.05) is 26.2 Å². The molecule has 0 spiro atoms. The molecule has 0 aromatic carbocycles. The fourth-order valence-corrected chi connectivity index (χ4v) is 2.96. The molecular formula is C19H29N3O5. The molecule has 0 bridgehead atoms. The van der Waals surface area contributed by atoms with Crippen molar-refractivity contribution in [1.29, 1.82) is 0 Å². The Morgan fingerprint density at radius 1 is 1.26 bits per heavy atom. The van der Waals surface area contributed by atoms with Gasteiger partial charge in [-0.3, -0.25) is 9.59 Å². The van der Waals surface area contributed by atoms with Gasteiger partial charge in [0.2, 0.25) is 5.91 Å². The Bertz CT molecular complexity index is 677. The summed E-state index contributed by atoms with van der Waals surface area (Å²) in [6, 6.07) is 1.66. The highest BCUT2D eigenvalue weighted by Crippen LogP contribution is 2.20. The second-order valence-electron chi connectivity index (χ2n) is 7.70. The molecule has 1 aromatic heterocycles. The molecule has 0 saturated carbocycles. The number of alkyl carbamates (subject to hydrolysis) is 1. The van der Waals surface area contributed by atoms with Gasteiger partial charge in [0.05, 0.1) is 17.7 Å². The molecule has 1 atom stereocenters. The number of piperidine rings is 1. The van der Waals surface area contributed by atoms with Crippen molar-refractivity contribution in [3.05, 3.63) is 23.7 Å². The predicted molar refractivity (Wildman–Crippen MR) is 99.3 cm³/mol. The van der Waals surface area contributed by atoms with Crippen LogP contribution in [-0.4, -0.2) is 54.6 Å². The molecular weight excluding hydrogens is 350 g/mol. The largest absolute Gasteiger partial charge is 0.469 e. The monoisotopic (exact) mass is 379 g/mol. The molecule has 8 nitrogen and oxygen atoms in total. The zero-order valence-corrected chi connectivity index (χ0v) is 16.5. The number of furan rings is 1. The van der Waals surface area contributed by atoms with Crippen molar-refractivity contribution < 1.29 is 23.5 Å². The van der Waals surface area contributed by atoms with Crippen molar-refractivity contribution in [2.24, 2.45) is 5.92 Å². The Balaban J connectivity index is 1.75. The van der Waals surface area contributed by atoms with Crippen molar-refractivity contribution in [3.8, 4) is 0 Å². The quantitative estimate of drug-likeness (QED) is 0.763. The number of carbonyl (C=O) groups is 3. The average Bonchev–Trinajstić information content (AvgIpc) is 3.02. The zero-order valence-electron chi connectivity index (χ0n) is 16.5. The van der Waals surface area contributed by atoms with Gasteiger partial charge in [0.1, 0.15) is 11.4 Å². The summed E-state index contributed by atoms with van der Waals surface area (Å²) in [6.07, 6.45) is 2.49. The summed E-state index contributed by atoms with van der Waals surface area (Å²) in [5, 5.41) is 5.41. The van der Waals surface area contributed by atoms with E-state index in [1.807, 2.05) is 0 Å². The van der Waals surface area contributed by atoms with Crippen LogP contribution in [0.3, 0.4) is 0 Å². The van der Waals surface area contributed by atoms with Crippen LogP contribution in [0.5, 0.6) is 0 Å². The number of rotatable bonds is 5. The molecule has 8 heteroatoms. The predicted octanol–water partition coefficient (Wildman–Crippen LogP) is 2.08. The average molecular weight is 379 g/mol. The van der Waals surface area contributed by atoms with E-state index in [1.165, 1.54) is 6.26 Å². The van der Waals surface area contributed by atoms with Gasteiger partial charge in [0.25, 0.3) is 5.91 Å². The minimum absolute atomic E-state index is 0.106. The number of hydrogen-bond donors (Lipinski definition) is 2. The fourth-order valence-electron chi connectivity index (χ4n) is 2.96. The molecule has 1 aliphatic rings. The van der Waals surface area contributed by atoms with E-state index in [0.717, 1.165) is 12.8 Å². The van der Waals surface area contributed by atoms with Gasteiger partial charge >= 0.3 is 6.09 Å². The summed E-state index contributed by atoms with van der Waals surface area (Å²) in [5.41, 5.74) is -0.0173. The molecule has 0 radical (unpaired) electrons. The SMILES string of the molecule is Cc1occc1C(=O)N1CCC[C@@H](C(=O)NCCNC(=O)OC(C)(C)C)C1. The maximum Gasteiger partial charge on any atom is 0.407 e. The molecule has 150 valence electrons. The van der Waals surface area contributed by atoms with Crippen LogP contribution in [0.25, 0.3) is 0 Å². The highest BCUT2D eigenvalue weighted by molar-refractivity contribution is 5.95. The molecule has 1 saturated heterocycles. The number of carbonyl (C=O) groups excluding carboxylic acids is 3. The van der Waals surface area contributed by atoms with Gasteiger partial charge in [0.15, 0.2) is 0 Å². The van der Waals surface area contributed by atoms with Crippen molar-refractivity contribution in [2.45, 2.75) is 46.1 Å². The minimum atomic E-state index is -0.557. The molecule has 2 N–H and O–H groups in total. The van der Waals surface area contributed by atoms with Gasteiger partial charge in [-0.05, 0) is 46.6 Å². The molecule has 2 heterocycles. The number of ether oxygens (including phenoxy) is 1. The third kappa shape index (κ3) is 6.30. The number of amides is 3. The first-order valence-electron chi connectivity index (χ1n) is 9.25. The van der Waals surface area contributed by atoms with Crippen LogP contribution < -0.4 is 10.6 Å². The Kier molecular flexibility index (Phi) is 6.87. The summed E-state index contributed by atoms with van der Waals surface area (Å²) in [6.45, 7) is 8.72. The van der Waals surface area contributed by atoms with Gasteiger partial charge in [-0.1, -0.05) is 0 Å². The van der Waals surface area contributed by atoms with E-state index in [9.17, 15) is 14.4 Å². The van der Waals surface area contributed by atoms with Crippen LogP contribution in [0.1, 0.15) is 49.7 Å². The molecule has 1 fully saturated rings. The Labute approximate surface area is 159 Å². The van der Waals surface area contributed by atoms with Crippen LogP contribution >= 0.6 is 0 Å². The lowest BCUT2D eigenvalue weighted by atomic mass is 9.96. The van der Waals surface area contributed by atoms with Gasteiger partial charge in [0, 0.05) is 26.2 Å². The van der Waals surface area contributed by atoms with Gasteiger partial charge < -0.3 is 24.7 Å². The van der Waals surface area contributed by atoms with Crippen LogP contribution in [0.15, 0.2) is 16.7 Å². The van der Waals surface area contributed by atoms with Crippen LogP contribution in [-0.2, 0) is 9.53 Å². The third-order valence-electron chi connectivity index (χ3n) is 4.26. The zero-order chi connectivity index (χ0) is 20.0. The third-order valence-corrected chi connectivity index (χ3v) is 4.26. The smallest absolute Gasteiger partial charge is 0.407 e. The minimum Gasteiger partial charge on any atom is -0.469 e. The molecule has 0 unspecified atom stereocenters. The Morgan fingerprint density at radius 2 is 1.96 bits per heavy atom. The summed E-state index contributed by atoms with van der Waals surface area (Å²) in [7, 11) is 0. The normalized spacial score (nSPS) is 17.3. The second-order valence-corrected chi connectivity index (χ2v) is 7.70. The number of aryl methyl sites for hydroxylation is 1. The molecule has 0 aliphatic carbocycles. The first-order chi connectivity index (χ1) is 12.7. The lowest BCUT2D eigenvalue weighted by Gasteiger charge is -2.32. The standard InChI is InChI=1S/C19H29N3O5/c1-13-15(7-11-26-13)17(24)22-10-5-6-14(12-22)16(23)20-8-9-21-18(25)27-19(2,3)4/h7,11,14H,5-6,8-10,12H2,1-4H3,(H,20,23)(H,21,25)/t14-/m1/s1. The van der Waals surface area contributed by atoms with Crippen LogP contribution in [0, 0.1) is 12.8 Å². The van der Waals surface area contributed by atoms with Gasteiger partial charge in [-0.25, -0.2) is 4.79 Å². The van der Waals surface area contributed by atoms with Gasteiger partial charge in [-0.15, -0.1) is 0 Å². The number of nitrogens with one attached hydrogen (secondary N) is 2. The first-order valence-corrected chi connectivity index (χ1v) is 9.25. The lowest BCUT2D eigenvalue weighted by molar-refractivity contribution is -0.126. The van der Waals surface area contributed by atoms with Crippen LogP contribution in [0.4, 0.5) is 4.79 Å². The number of hydrogen-bond acceptors (Lipinski definition) is 5. The highest BCUT2D eigenvalue weighted by atomic mass is 16.6. The first kappa shape index (κ1) is 20.8. The van der Waals surface area contributed by atoms with Crippen molar-refractivity contribution in [1.82, 2.24) is 15.5 Å². The van der Waals surface area contributed by atoms with Gasteiger partial charge in [-0.2, -0.15) is 0 Å². The summed E-state index contributed by atoms with van der Waals surface area (Å²) in [5.74, 6) is 0.115. The molecule has 27 heavy (non-hydrogen) atoms. The summed E-state index contributed by atoms with van der Waals surface area (Å²) in [4.78, 5) is 38.2. The lowest BCUT2D eigenvalue weighted by Crippen LogP contribution is -2.46. The van der Waals surface area contributed by atoms with E-state index >= 15 is 0 Å². The van der Waals surface area contributed by atoms with E-state index in [-0.39, 0.29) is 24.3 Å². The van der Waals surface area contributed by atoms with Crippen molar-refractivity contribution >= 4 is 17.9 Å². The molecule has 2 rings (SSSR count). The summed E-state index contributed by atoms with van der Waals surface area (Å²) < 4.78 is 10.3. The summed E-state index contributed by atoms with van der Waals surface area (Å²) >= 11 is 0. The Hall–Kier alpha value is -2.51. The molecule has 1 aromatic rings. The topological polar surface area (TPSA) is 101 Å². The van der Waals surface area contributed by atoms with E-state index in [1.54, 1.807) is 38.7 Å². The maximum atomic E-state index is 12.6. The van der Waals surface area contributed by atoms with E-state index in [2.05, 4.69) is 10.6 Å². The van der Waals surface area contributed by atoms with Crippen molar-refractivity contribution in [3.63, 3.8) is 0 Å². The van der Waals surface area contributed by atoms with E-state index in [0.29, 0.717) is 31.0 Å². The molecule has 3 amide bonds. The second kappa shape index (κ2) is 8.92. The highest BCUT2D eigenvalue weighted by Gasteiger charge is 2.29. The number of likely N-dealkylation sites (tertiary alicyclic amines) is 1. The molecule has 1 aliphatic heterocycles. The fraction of sp³-hybridized carbons (Fsp3) is 0.632. The Morgan fingerprint density at radius 3 is 2.59 bits per heavy atom. The maximum absolute atomic E-state index is 12.6.